The molecule has 134 valence electrons. The number of hydrogen-bond donors (Lipinski definition) is 2. The van der Waals surface area contributed by atoms with Gasteiger partial charge in [0.1, 0.15) is 0 Å². The quantitative estimate of drug-likeness (QED) is 0.459. The normalized spacial score (nSPS) is 26.1. The maximum absolute atomic E-state index is 4.50. The van der Waals surface area contributed by atoms with Crippen molar-refractivity contribution >= 4 is 5.96 Å². The van der Waals surface area contributed by atoms with Crippen LogP contribution in [0.4, 0.5) is 0 Å². The minimum absolute atomic E-state index is 0.923. The predicted molar refractivity (Wildman–Crippen MR) is 99.2 cm³/mol. The molecular formula is C19H33N5. The van der Waals surface area contributed by atoms with Crippen LogP contribution in [-0.2, 0) is 6.54 Å². The van der Waals surface area contributed by atoms with Crippen molar-refractivity contribution in [1.29, 1.82) is 0 Å². The van der Waals surface area contributed by atoms with Gasteiger partial charge >= 0.3 is 0 Å². The standard InChI is InChI=1S/C19H33N5/c1-14-11-15(2)24(23-14)10-4-8-21-19(20-3)22-9-7-18-13-16-5-6-17(18)12-16/h11,16-18H,4-10,12-13H2,1-3H3,(H2,20,21,22). The molecule has 3 unspecified atom stereocenters. The summed E-state index contributed by atoms with van der Waals surface area (Å²) in [6.45, 7) is 7.08. The lowest BCUT2D eigenvalue weighted by Crippen LogP contribution is -2.39. The van der Waals surface area contributed by atoms with Crippen molar-refractivity contribution in [2.24, 2.45) is 22.7 Å². The molecular weight excluding hydrogens is 298 g/mol. The molecule has 2 fully saturated rings. The van der Waals surface area contributed by atoms with Gasteiger partial charge in [-0.3, -0.25) is 9.67 Å². The van der Waals surface area contributed by atoms with Gasteiger partial charge in [0.25, 0.3) is 0 Å². The summed E-state index contributed by atoms with van der Waals surface area (Å²) >= 11 is 0. The molecule has 0 aromatic carbocycles. The minimum atomic E-state index is 0.923. The second-order valence-electron chi connectivity index (χ2n) is 7.65. The Morgan fingerprint density at radius 2 is 2.08 bits per heavy atom. The zero-order chi connectivity index (χ0) is 16.9. The molecule has 0 aliphatic heterocycles. The Bertz CT molecular complexity index is 562. The first-order valence-electron chi connectivity index (χ1n) is 9.61. The van der Waals surface area contributed by atoms with Crippen LogP contribution in [0.25, 0.3) is 0 Å². The van der Waals surface area contributed by atoms with Crippen molar-refractivity contribution < 1.29 is 0 Å². The number of aromatic nitrogens is 2. The number of guanidine groups is 1. The van der Waals surface area contributed by atoms with Crippen LogP contribution in [-0.4, -0.2) is 35.9 Å². The van der Waals surface area contributed by atoms with Crippen molar-refractivity contribution in [3.8, 4) is 0 Å². The molecule has 3 rings (SSSR count). The molecule has 2 aliphatic rings. The van der Waals surface area contributed by atoms with Gasteiger partial charge in [-0.25, -0.2) is 0 Å². The van der Waals surface area contributed by atoms with E-state index in [1.807, 2.05) is 14.0 Å². The average molecular weight is 332 g/mol. The second-order valence-corrected chi connectivity index (χ2v) is 7.65. The molecule has 0 radical (unpaired) electrons. The van der Waals surface area contributed by atoms with Crippen LogP contribution in [0.1, 0.15) is 49.9 Å². The predicted octanol–water partition coefficient (Wildman–Crippen LogP) is 2.88. The van der Waals surface area contributed by atoms with Crippen LogP contribution in [0.15, 0.2) is 11.1 Å². The van der Waals surface area contributed by atoms with Crippen LogP contribution in [0.2, 0.25) is 0 Å². The lowest BCUT2D eigenvalue weighted by molar-refractivity contribution is 0.315. The summed E-state index contributed by atoms with van der Waals surface area (Å²) in [5.74, 6) is 3.96. The minimum Gasteiger partial charge on any atom is -0.356 e. The van der Waals surface area contributed by atoms with E-state index >= 15 is 0 Å². The van der Waals surface area contributed by atoms with E-state index in [2.05, 4.69) is 38.4 Å². The Morgan fingerprint density at radius 1 is 1.25 bits per heavy atom. The summed E-state index contributed by atoms with van der Waals surface area (Å²) in [4.78, 5) is 4.34. The van der Waals surface area contributed by atoms with Gasteiger partial charge in [0.05, 0.1) is 5.69 Å². The summed E-state index contributed by atoms with van der Waals surface area (Å²) in [5.41, 5.74) is 2.33. The van der Waals surface area contributed by atoms with Gasteiger partial charge in [0, 0.05) is 32.4 Å². The molecule has 24 heavy (non-hydrogen) atoms. The highest BCUT2D eigenvalue weighted by molar-refractivity contribution is 5.79. The number of aliphatic imine (C=N–C) groups is 1. The lowest BCUT2D eigenvalue weighted by atomic mass is 9.86. The summed E-state index contributed by atoms with van der Waals surface area (Å²) in [6, 6.07) is 2.13. The van der Waals surface area contributed by atoms with Gasteiger partial charge < -0.3 is 10.6 Å². The van der Waals surface area contributed by atoms with Crippen LogP contribution < -0.4 is 10.6 Å². The molecule has 2 bridgehead atoms. The Morgan fingerprint density at radius 3 is 2.71 bits per heavy atom. The topological polar surface area (TPSA) is 54.2 Å². The summed E-state index contributed by atoms with van der Waals surface area (Å²) in [6.07, 6.45) is 8.30. The fourth-order valence-electron chi connectivity index (χ4n) is 4.66. The lowest BCUT2D eigenvalue weighted by Gasteiger charge is -2.22. The molecule has 5 nitrogen and oxygen atoms in total. The van der Waals surface area contributed by atoms with E-state index in [9.17, 15) is 0 Å². The third kappa shape index (κ3) is 4.31. The zero-order valence-electron chi connectivity index (χ0n) is 15.5. The monoisotopic (exact) mass is 331 g/mol. The number of rotatable bonds is 7. The molecule has 2 aliphatic carbocycles. The SMILES string of the molecule is CN=C(NCCCn1nc(C)cc1C)NCCC1CC2CCC1C2. The van der Waals surface area contributed by atoms with E-state index in [0.717, 1.165) is 55.5 Å². The maximum Gasteiger partial charge on any atom is 0.190 e. The van der Waals surface area contributed by atoms with E-state index in [1.165, 1.54) is 37.8 Å². The van der Waals surface area contributed by atoms with Gasteiger partial charge in [-0.05, 0) is 69.8 Å². The fraction of sp³-hybridized carbons (Fsp3) is 0.789. The van der Waals surface area contributed by atoms with Crippen LogP contribution in [0.5, 0.6) is 0 Å². The average Bonchev–Trinajstić information content (AvgIpc) is 3.25. The van der Waals surface area contributed by atoms with Gasteiger partial charge in [-0.15, -0.1) is 0 Å². The van der Waals surface area contributed by atoms with Crippen molar-refractivity contribution in [3.05, 3.63) is 17.5 Å². The van der Waals surface area contributed by atoms with Crippen LogP contribution in [0.3, 0.4) is 0 Å². The second kappa shape index (κ2) is 8.04. The van der Waals surface area contributed by atoms with Crippen LogP contribution in [0, 0.1) is 31.6 Å². The molecule has 5 heteroatoms. The van der Waals surface area contributed by atoms with E-state index in [-0.39, 0.29) is 0 Å². The highest BCUT2D eigenvalue weighted by Crippen LogP contribution is 2.49. The Hall–Kier alpha value is -1.52. The van der Waals surface area contributed by atoms with Gasteiger partial charge in [0.2, 0.25) is 0 Å². The van der Waals surface area contributed by atoms with Crippen molar-refractivity contribution in [2.45, 2.75) is 58.9 Å². The Balaban J connectivity index is 1.30. The number of nitrogens with one attached hydrogen (secondary N) is 2. The van der Waals surface area contributed by atoms with E-state index in [0.29, 0.717) is 0 Å². The highest BCUT2D eigenvalue weighted by atomic mass is 15.3. The van der Waals surface area contributed by atoms with Gasteiger partial charge in [-0.1, -0.05) is 6.42 Å². The van der Waals surface area contributed by atoms with Crippen LogP contribution >= 0.6 is 0 Å². The molecule has 0 saturated heterocycles. The fourth-order valence-corrected chi connectivity index (χ4v) is 4.66. The molecule has 0 spiro atoms. The zero-order valence-corrected chi connectivity index (χ0v) is 15.5. The maximum atomic E-state index is 4.50. The summed E-state index contributed by atoms with van der Waals surface area (Å²) in [7, 11) is 1.86. The summed E-state index contributed by atoms with van der Waals surface area (Å²) < 4.78 is 2.09. The first-order valence-corrected chi connectivity index (χ1v) is 9.61. The van der Waals surface area contributed by atoms with Crippen molar-refractivity contribution in [3.63, 3.8) is 0 Å². The molecule has 1 aromatic heterocycles. The number of aryl methyl sites for hydroxylation is 3. The molecule has 1 aromatic rings. The highest BCUT2D eigenvalue weighted by Gasteiger charge is 2.38. The molecule has 3 atom stereocenters. The number of hydrogen-bond acceptors (Lipinski definition) is 2. The van der Waals surface area contributed by atoms with E-state index < -0.39 is 0 Å². The number of fused-ring (bicyclic) bond motifs is 2. The van der Waals surface area contributed by atoms with Gasteiger partial charge in [0.15, 0.2) is 5.96 Å². The molecule has 2 saturated carbocycles. The third-order valence-corrected chi connectivity index (χ3v) is 5.86. The Labute approximate surface area is 146 Å². The molecule has 1 heterocycles. The summed E-state index contributed by atoms with van der Waals surface area (Å²) in [5, 5.41) is 11.4. The first kappa shape index (κ1) is 17.3. The molecule has 0 amide bonds. The third-order valence-electron chi connectivity index (χ3n) is 5.86. The molecule has 2 N–H and O–H groups in total. The van der Waals surface area contributed by atoms with Crippen molar-refractivity contribution in [1.82, 2.24) is 20.4 Å². The van der Waals surface area contributed by atoms with Crippen molar-refractivity contribution in [2.75, 3.05) is 20.1 Å². The van der Waals surface area contributed by atoms with E-state index in [1.54, 1.807) is 0 Å². The van der Waals surface area contributed by atoms with E-state index in [4.69, 9.17) is 0 Å². The number of nitrogens with zero attached hydrogens (tertiary/aromatic N) is 3. The smallest absolute Gasteiger partial charge is 0.190 e. The largest absolute Gasteiger partial charge is 0.356 e. The first-order chi connectivity index (χ1) is 11.7. The Kier molecular flexibility index (Phi) is 5.80. The van der Waals surface area contributed by atoms with Gasteiger partial charge in [-0.2, -0.15) is 5.10 Å².